The van der Waals surface area contributed by atoms with E-state index in [1.54, 1.807) is 0 Å². The predicted octanol–water partition coefficient (Wildman–Crippen LogP) is -8.20. The quantitative estimate of drug-likeness (QED) is 0.0548. The van der Waals surface area contributed by atoms with Crippen LogP contribution >= 0.6 is 0 Å². The van der Waals surface area contributed by atoms with E-state index in [4.69, 9.17) is 0 Å². The van der Waals surface area contributed by atoms with Crippen LogP contribution in [0.25, 0.3) is 21.5 Å². The number of aryl methyl sites for hydroxylation is 2. The molecule has 66 heavy (non-hydrogen) atoms. The van der Waals surface area contributed by atoms with Gasteiger partial charge in [0.1, 0.15) is 52.0 Å². The van der Waals surface area contributed by atoms with E-state index in [2.05, 4.69) is 21.3 Å². The Hall–Kier alpha value is -2.71. The molecule has 0 saturated heterocycles. The second-order valence-corrected chi connectivity index (χ2v) is 18.9. The Morgan fingerprint density at radius 2 is 0.712 bits per heavy atom. The number of anilines is 4. The summed E-state index contributed by atoms with van der Waals surface area (Å²) in [5.74, 6) is -3.45. The monoisotopic (exact) mass is 1020 g/mol. The molecule has 6 N–H and O–H groups in total. The molecule has 0 spiro atoms. The van der Waals surface area contributed by atoms with Gasteiger partial charge >= 0.3 is 124 Å². The van der Waals surface area contributed by atoms with Crippen LogP contribution < -0.4 is 139 Å². The van der Waals surface area contributed by atoms with Gasteiger partial charge in [-0.2, -0.15) is 0 Å². The molecule has 0 bridgehead atoms. The molecule has 0 aliphatic carbocycles. The fraction of sp³-hybridized carbons (Fsp3) is 0.0541. The van der Waals surface area contributed by atoms with Crippen LogP contribution in [0.15, 0.2) is 105 Å². The van der Waals surface area contributed by atoms with Gasteiger partial charge < -0.3 is 49.7 Å². The molecule has 0 fully saturated rings. The summed E-state index contributed by atoms with van der Waals surface area (Å²) in [5.41, 5.74) is 0.0679. The molecule has 0 aromatic heterocycles. The van der Waals surface area contributed by atoms with Crippen molar-refractivity contribution in [2.24, 2.45) is 0 Å². The molecular formula is C37H26N4Na4O17S4. The Labute approximate surface area is 464 Å². The van der Waals surface area contributed by atoms with Crippen LogP contribution in [0.4, 0.5) is 27.5 Å². The molecule has 0 saturated carbocycles. The second kappa shape index (κ2) is 22.4. The van der Waals surface area contributed by atoms with Gasteiger partial charge in [-0.1, -0.05) is 0 Å². The topological polar surface area (TPSA) is 369 Å². The van der Waals surface area contributed by atoms with Crippen LogP contribution in [0.3, 0.4) is 0 Å². The zero-order valence-electron chi connectivity index (χ0n) is 35.2. The minimum atomic E-state index is -5.19. The zero-order valence-corrected chi connectivity index (χ0v) is 46.5. The molecule has 21 nitrogen and oxygen atoms in total. The van der Waals surface area contributed by atoms with Gasteiger partial charge in [0.2, 0.25) is 0 Å². The maximum atomic E-state index is 13.3. The van der Waals surface area contributed by atoms with Crippen molar-refractivity contribution in [2.45, 2.75) is 33.4 Å². The summed E-state index contributed by atoms with van der Waals surface area (Å²) in [4.78, 5) is 35.9. The van der Waals surface area contributed by atoms with E-state index in [1.807, 2.05) is 0 Å². The first-order valence-electron chi connectivity index (χ1n) is 17.0. The number of hydrogen-bond donors (Lipinski definition) is 6. The van der Waals surface area contributed by atoms with Gasteiger partial charge in [0.15, 0.2) is 0 Å². The SMILES string of the molecule is Cc1cc(C(=O)Nc2cc(S(=O)(=O)[O-])cc3cc(S(=O)(=O)[O-])cc(O)c23)ccc1NC(=O)Nc1ccc(C(=O)Nc2cc(S(=O)(=O)[O-])cc3cc(S(=O)(=O)[O-])cc(O)c23)cc1C.[Na+].[Na+].[Na+].[Na+]. The number of urea groups is 1. The van der Waals surface area contributed by atoms with Crippen molar-refractivity contribution in [3.8, 4) is 11.5 Å². The van der Waals surface area contributed by atoms with Crippen LogP contribution in [0.2, 0.25) is 0 Å². The van der Waals surface area contributed by atoms with Gasteiger partial charge in [-0.25, -0.2) is 38.5 Å². The third-order valence-corrected chi connectivity index (χ3v) is 12.3. The molecule has 0 aliphatic rings. The van der Waals surface area contributed by atoms with Gasteiger partial charge in [0.25, 0.3) is 11.8 Å². The molecule has 6 rings (SSSR count). The van der Waals surface area contributed by atoms with Crippen molar-refractivity contribution in [3.05, 3.63) is 107 Å². The standard InChI is InChI=1S/C37H30N4O17S4.4Na/c1-17-7-19(35(44)38-29-13-23(59(47,48)49)9-21-11-25(61(53,54)55)15-31(42)33(21)29)3-5-27(17)40-37(46)41-28-6-4-20(8-18(28)2)36(45)39-30-14-24(60(50,51)52)10-22-12-26(62(56,57)58)16-32(43)34(22)30;;;;/h3-16,42-43H,1-2H3,(H,38,44)(H,39,45)(H2,40,41,46)(H,47,48,49)(H,50,51,52)(H,53,54,55)(H,56,57,58);;;;/q;4*+1/p-4. The van der Waals surface area contributed by atoms with Crippen LogP contribution in [-0.4, -0.2) is 79.9 Å². The molecule has 29 heteroatoms. The molecule has 0 radical (unpaired) electrons. The smallest absolute Gasteiger partial charge is 0.744 e. The van der Waals surface area contributed by atoms with E-state index in [0.29, 0.717) is 23.3 Å². The predicted molar refractivity (Wildman–Crippen MR) is 214 cm³/mol. The molecule has 4 amide bonds. The first-order chi connectivity index (χ1) is 28.6. The summed E-state index contributed by atoms with van der Waals surface area (Å²) in [6.07, 6.45) is 0. The molecule has 0 atom stereocenters. The number of hydrogen-bond acceptors (Lipinski definition) is 17. The minimum absolute atomic E-state index is 0. The number of amides is 4. The minimum Gasteiger partial charge on any atom is -0.744 e. The van der Waals surface area contributed by atoms with E-state index in [0.717, 1.165) is 36.4 Å². The molecule has 6 aromatic rings. The van der Waals surface area contributed by atoms with E-state index >= 15 is 0 Å². The average molecular weight is 1020 g/mol. The Morgan fingerprint density at radius 1 is 0.424 bits per heavy atom. The maximum absolute atomic E-state index is 13.3. The number of benzene rings is 6. The van der Waals surface area contributed by atoms with Crippen LogP contribution in [0, 0.1) is 13.8 Å². The summed E-state index contributed by atoms with van der Waals surface area (Å²) in [7, 11) is -20.7. The van der Waals surface area contributed by atoms with Crippen molar-refractivity contribution in [1.82, 2.24) is 0 Å². The normalized spacial score (nSPS) is 11.5. The third-order valence-electron chi connectivity index (χ3n) is 9.08. The first kappa shape index (κ1) is 59.4. The number of rotatable bonds is 10. The molecule has 0 aliphatic heterocycles. The Morgan fingerprint density at radius 3 is 0.985 bits per heavy atom. The van der Waals surface area contributed by atoms with Crippen molar-refractivity contribution in [2.75, 3.05) is 21.3 Å². The Kier molecular flexibility index (Phi) is 20.1. The summed E-state index contributed by atoms with van der Waals surface area (Å²) >= 11 is 0. The maximum Gasteiger partial charge on any atom is 1.00 e. The number of carbonyl (C=O) groups is 3. The fourth-order valence-corrected chi connectivity index (χ4v) is 8.33. The van der Waals surface area contributed by atoms with E-state index in [9.17, 15) is 76.5 Å². The van der Waals surface area contributed by atoms with Crippen LogP contribution in [-0.2, 0) is 40.5 Å². The first-order valence-corrected chi connectivity index (χ1v) is 22.6. The van der Waals surface area contributed by atoms with Gasteiger partial charge in [-0.3, -0.25) is 9.59 Å². The number of fused-ring (bicyclic) bond motifs is 2. The van der Waals surface area contributed by atoms with E-state index < -0.39 is 101 Å². The number of nitrogens with one attached hydrogen (secondary N) is 4. The zero-order chi connectivity index (χ0) is 45.9. The summed E-state index contributed by atoms with van der Waals surface area (Å²) < 4.78 is 141. The second-order valence-electron chi connectivity index (χ2n) is 13.4. The molecular weight excluding hydrogens is 993 g/mol. The molecule has 0 heterocycles. The number of phenolic OH excluding ortho intramolecular Hbond substituents is 2. The van der Waals surface area contributed by atoms with Gasteiger partial charge in [-0.05, 0) is 121 Å². The number of carbonyl (C=O) groups excluding carboxylic acids is 3. The van der Waals surface area contributed by atoms with Gasteiger partial charge in [0, 0.05) is 33.3 Å². The van der Waals surface area contributed by atoms with Gasteiger partial charge in [0.05, 0.1) is 31.0 Å². The van der Waals surface area contributed by atoms with Crippen molar-refractivity contribution >= 4 is 103 Å². The average Bonchev–Trinajstić information content (AvgIpc) is 3.14. The summed E-state index contributed by atoms with van der Waals surface area (Å²) in [5, 5.41) is 29.6. The van der Waals surface area contributed by atoms with E-state index in [1.165, 1.54) is 50.2 Å². The van der Waals surface area contributed by atoms with Gasteiger partial charge in [-0.15, -0.1) is 0 Å². The van der Waals surface area contributed by atoms with Crippen molar-refractivity contribution < 1.29 is 195 Å². The van der Waals surface area contributed by atoms with E-state index in [-0.39, 0.29) is 162 Å². The Balaban J connectivity index is 0.00000374. The molecule has 6 aromatic carbocycles. The third kappa shape index (κ3) is 13.7. The molecule has 0 unspecified atom stereocenters. The van der Waals surface area contributed by atoms with Crippen molar-refractivity contribution in [1.29, 1.82) is 0 Å². The largest absolute Gasteiger partial charge is 1.00 e. The fourth-order valence-electron chi connectivity index (χ4n) is 6.21. The Bertz CT molecular complexity index is 3200. The summed E-state index contributed by atoms with van der Waals surface area (Å²) in [6.45, 7) is 3.02. The number of aromatic hydroxyl groups is 2. The van der Waals surface area contributed by atoms with Crippen LogP contribution in [0.1, 0.15) is 31.8 Å². The van der Waals surface area contributed by atoms with Crippen molar-refractivity contribution in [3.63, 3.8) is 0 Å². The van der Waals surface area contributed by atoms with Crippen LogP contribution in [0.5, 0.6) is 11.5 Å². The number of phenols is 2. The summed E-state index contributed by atoms with van der Waals surface area (Å²) in [6, 6.07) is 12.6. The molecule has 324 valence electrons.